The van der Waals surface area contributed by atoms with Crippen molar-refractivity contribution >= 4 is 23.4 Å². The van der Waals surface area contributed by atoms with E-state index in [0.29, 0.717) is 30.4 Å². The zero-order chi connectivity index (χ0) is 27.4. The Bertz CT molecular complexity index is 1430. The first-order valence-corrected chi connectivity index (χ1v) is 13.6. The number of likely N-dealkylation sites (tertiary alicyclic amines) is 1. The fraction of sp³-hybridized carbons (Fsp3) is 0.300. The summed E-state index contributed by atoms with van der Waals surface area (Å²) in [5.74, 6) is 0.553. The van der Waals surface area contributed by atoms with Crippen molar-refractivity contribution in [3.05, 3.63) is 88.9 Å². The van der Waals surface area contributed by atoms with Gasteiger partial charge in [0.1, 0.15) is 6.04 Å². The molecule has 2 amide bonds. The van der Waals surface area contributed by atoms with Crippen LogP contribution in [0, 0.1) is 5.92 Å². The Kier molecular flexibility index (Phi) is 8.02. The normalized spacial score (nSPS) is 14.8. The monoisotopic (exact) mass is 542 g/mol. The highest BCUT2D eigenvalue weighted by molar-refractivity contribution is 6.30. The Morgan fingerprint density at radius 2 is 1.62 bits per heavy atom. The van der Waals surface area contributed by atoms with E-state index in [1.54, 1.807) is 6.07 Å². The van der Waals surface area contributed by atoms with Gasteiger partial charge in [-0.2, -0.15) is 5.21 Å². The number of amides is 2. The van der Waals surface area contributed by atoms with Crippen LogP contribution in [0.1, 0.15) is 48.5 Å². The van der Waals surface area contributed by atoms with Gasteiger partial charge in [0.15, 0.2) is 0 Å². The zero-order valence-corrected chi connectivity index (χ0v) is 22.7. The molecule has 4 aromatic rings. The van der Waals surface area contributed by atoms with Gasteiger partial charge in [-0.05, 0) is 76.9 Å². The van der Waals surface area contributed by atoms with Gasteiger partial charge in [0, 0.05) is 29.2 Å². The van der Waals surface area contributed by atoms with Gasteiger partial charge in [-0.1, -0.05) is 67.9 Å². The molecule has 0 saturated carbocycles. The highest BCUT2D eigenvalue weighted by atomic mass is 35.5. The number of nitrogens with zero attached hydrogens (tertiary/aromatic N) is 4. The Labute approximate surface area is 232 Å². The molecule has 1 aromatic heterocycles. The van der Waals surface area contributed by atoms with Crippen molar-refractivity contribution in [3.8, 4) is 22.5 Å². The molecule has 0 bridgehead atoms. The van der Waals surface area contributed by atoms with E-state index in [4.69, 9.17) is 11.6 Å². The Hall–Kier alpha value is -4.04. The average Bonchev–Trinajstić information content (AvgIpc) is 3.51. The second-order valence-corrected chi connectivity index (χ2v) is 10.7. The molecule has 200 valence electrons. The number of carbonyl (C=O) groups excluding carboxylic acids is 2. The van der Waals surface area contributed by atoms with E-state index in [1.807, 2.05) is 73.3 Å². The van der Waals surface area contributed by atoms with E-state index in [9.17, 15) is 9.59 Å². The molecule has 1 aliphatic rings. The minimum absolute atomic E-state index is 0.0307. The van der Waals surface area contributed by atoms with Crippen LogP contribution in [0.5, 0.6) is 0 Å². The van der Waals surface area contributed by atoms with Crippen LogP contribution in [0.4, 0.5) is 0 Å². The molecular weight excluding hydrogens is 512 g/mol. The van der Waals surface area contributed by atoms with E-state index < -0.39 is 6.04 Å². The predicted molar refractivity (Wildman–Crippen MR) is 151 cm³/mol. The van der Waals surface area contributed by atoms with Gasteiger partial charge in [0.2, 0.25) is 11.7 Å². The number of nitrogens with one attached hydrogen (secondary N) is 2. The number of halogens is 1. The number of rotatable bonds is 7. The van der Waals surface area contributed by atoms with Crippen LogP contribution in [-0.2, 0) is 4.79 Å². The SMILES string of the molecule is CC(C)[C@@H](NC(=O)c1cccc(-c2cccc(-c3nn[nH]n3)c2)c1)C(=O)N1CCC(c2ccc(Cl)cc2)CC1. The van der Waals surface area contributed by atoms with E-state index >= 15 is 0 Å². The van der Waals surface area contributed by atoms with Crippen molar-refractivity contribution in [2.45, 2.75) is 38.6 Å². The lowest BCUT2D eigenvalue weighted by Crippen LogP contribution is -2.52. The summed E-state index contributed by atoms with van der Waals surface area (Å²) in [6.45, 7) is 5.25. The second-order valence-electron chi connectivity index (χ2n) is 10.2. The molecule has 1 aliphatic heterocycles. The third kappa shape index (κ3) is 6.17. The molecule has 39 heavy (non-hydrogen) atoms. The molecule has 0 radical (unpaired) electrons. The predicted octanol–water partition coefficient (Wildman–Crippen LogP) is 5.35. The van der Waals surface area contributed by atoms with E-state index in [2.05, 4.69) is 38.1 Å². The van der Waals surface area contributed by atoms with Gasteiger partial charge in [-0.15, -0.1) is 10.2 Å². The first kappa shape index (κ1) is 26.6. The summed E-state index contributed by atoms with van der Waals surface area (Å²) in [5, 5.41) is 17.9. The molecule has 8 nitrogen and oxygen atoms in total. The van der Waals surface area contributed by atoms with Crippen LogP contribution in [0.25, 0.3) is 22.5 Å². The van der Waals surface area contributed by atoms with Crippen molar-refractivity contribution in [3.63, 3.8) is 0 Å². The van der Waals surface area contributed by atoms with E-state index in [1.165, 1.54) is 5.56 Å². The molecule has 1 atom stereocenters. The number of tetrazole rings is 1. The largest absolute Gasteiger partial charge is 0.341 e. The minimum atomic E-state index is -0.602. The molecule has 0 aliphatic carbocycles. The first-order chi connectivity index (χ1) is 18.9. The molecule has 2 heterocycles. The maximum atomic E-state index is 13.5. The molecule has 0 spiro atoms. The van der Waals surface area contributed by atoms with Gasteiger partial charge >= 0.3 is 0 Å². The molecule has 1 fully saturated rings. The van der Waals surface area contributed by atoms with Gasteiger partial charge in [-0.3, -0.25) is 9.59 Å². The van der Waals surface area contributed by atoms with Gasteiger partial charge in [0.25, 0.3) is 5.91 Å². The van der Waals surface area contributed by atoms with Crippen LogP contribution >= 0.6 is 11.6 Å². The van der Waals surface area contributed by atoms with Crippen LogP contribution in [0.3, 0.4) is 0 Å². The maximum Gasteiger partial charge on any atom is 0.251 e. The fourth-order valence-corrected chi connectivity index (χ4v) is 5.19. The smallest absolute Gasteiger partial charge is 0.251 e. The van der Waals surface area contributed by atoms with Crippen LogP contribution in [0.15, 0.2) is 72.8 Å². The number of aromatic nitrogens is 4. The van der Waals surface area contributed by atoms with Gasteiger partial charge < -0.3 is 10.2 Å². The summed E-state index contributed by atoms with van der Waals surface area (Å²) in [6.07, 6.45) is 1.77. The number of hydrogen-bond donors (Lipinski definition) is 2. The average molecular weight is 543 g/mol. The summed E-state index contributed by atoms with van der Waals surface area (Å²) in [6, 6.07) is 22.5. The van der Waals surface area contributed by atoms with Crippen LogP contribution in [0.2, 0.25) is 5.02 Å². The third-order valence-electron chi connectivity index (χ3n) is 7.29. The lowest BCUT2D eigenvalue weighted by atomic mass is 9.89. The van der Waals surface area contributed by atoms with Crippen LogP contribution < -0.4 is 5.32 Å². The van der Waals surface area contributed by atoms with Crippen molar-refractivity contribution in [1.82, 2.24) is 30.8 Å². The summed E-state index contributed by atoms with van der Waals surface area (Å²) < 4.78 is 0. The number of benzene rings is 3. The molecule has 2 N–H and O–H groups in total. The number of carbonyl (C=O) groups is 2. The van der Waals surface area contributed by atoms with Crippen molar-refractivity contribution < 1.29 is 9.59 Å². The third-order valence-corrected chi connectivity index (χ3v) is 7.54. The highest BCUT2D eigenvalue weighted by Gasteiger charge is 2.31. The molecule has 1 saturated heterocycles. The topological polar surface area (TPSA) is 104 Å². The summed E-state index contributed by atoms with van der Waals surface area (Å²) in [5.41, 5.74) is 4.37. The van der Waals surface area contributed by atoms with Crippen molar-refractivity contribution in [1.29, 1.82) is 0 Å². The molecule has 3 aromatic carbocycles. The number of H-pyrrole nitrogens is 1. The lowest BCUT2D eigenvalue weighted by molar-refractivity contribution is -0.135. The second kappa shape index (κ2) is 11.8. The van der Waals surface area contributed by atoms with E-state index in [0.717, 1.165) is 34.6 Å². The summed E-state index contributed by atoms with van der Waals surface area (Å²) in [4.78, 5) is 28.7. The zero-order valence-electron chi connectivity index (χ0n) is 22.0. The Morgan fingerprint density at radius 1 is 0.949 bits per heavy atom. The first-order valence-electron chi connectivity index (χ1n) is 13.2. The summed E-state index contributed by atoms with van der Waals surface area (Å²) >= 11 is 6.04. The lowest BCUT2D eigenvalue weighted by Gasteiger charge is -2.35. The Balaban J connectivity index is 1.26. The number of aromatic amines is 1. The minimum Gasteiger partial charge on any atom is -0.341 e. The van der Waals surface area contributed by atoms with Gasteiger partial charge in [0.05, 0.1) is 0 Å². The Morgan fingerprint density at radius 3 is 2.28 bits per heavy atom. The molecule has 9 heteroatoms. The van der Waals surface area contributed by atoms with E-state index in [-0.39, 0.29) is 17.7 Å². The molecule has 0 unspecified atom stereocenters. The quantitative estimate of drug-likeness (QED) is 0.328. The van der Waals surface area contributed by atoms with Crippen molar-refractivity contribution in [2.75, 3.05) is 13.1 Å². The molecule has 5 rings (SSSR count). The highest BCUT2D eigenvalue weighted by Crippen LogP contribution is 2.30. The van der Waals surface area contributed by atoms with Crippen LogP contribution in [-0.4, -0.2) is 56.5 Å². The standard InChI is InChI=1S/C30H31ClN6O2/c1-19(2)27(30(39)37-15-13-21(14-16-37)20-9-11-26(31)12-10-20)32-29(38)25-8-4-6-23(18-25)22-5-3-7-24(17-22)28-33-35-36-34-28/h3-12,17-19,21,27H,13-16H2,1-2H3,(H,32,38)(H,33,34,35,36)/t27-/m1/s1. The maximum absolute atomic E-state index is 13.5. The van der Waals surface area contributed by atoms with Gasteiger partial charge in [-0.25, -0.2) is 0 Å². The number of piperidine rings is 1. The summed E-state index contributed by atoms with van der Waals surface area (Å²) in [7, 11) is 0. The van der Waals surface area contributed by atoms with Crippen molar-refractivity contribution in [2.24, 2.45) is 5.92 Å². The number of hydrogen-bond acceptors (Lipinski definition) is 5. The molecular formula is C30H31ClN6O2. The fourth-order valence-electron chi connectivity index (χ4n) is 5.06.